The average molecular weight is 278 g/mol. The molecule has 1 aromatic carbocycles. The van der Waals surface area contributed by atoms with Gasteiger partial charge in [-0.15, -0.1) is 0 Å². The smallest absolute Gasteiger partial charge is 0.394 e. The maximum atomic E-state index is 12.5. The normalized spacial score (nSPS) is 13.2. The van der Waals surface area contributed by atoms with Gasteiger partial charge in [0.1, 0.15) is 5.70 Å². The van der Waals surface area contributed by atoms with Crippen LogP contribution in [-0.2, 0) is 0 Å². The van der Waals surface area contributed by atoms with E-state index in [1.807, 2.05) is 0 Å². The first-order valence-electron chi connectivity index (χ1n) is 5.13. The van der Waals surface area contributed by atoms with Crippen LogP contribution in [0.5, 0.6) is 0 Å². The maximum absolute atomic E-state index is 12.5. The molecule has 0 saturated carbocycles. The number of allylic oxidation sites excluding steroid dienone is 2. The molecule has 0 radical (unpaired) electrons. The molecule has 1 aromatic rings. The zero-order chi connectivity index (χ0) is 13.9. The van der Waals surface area contributed by atoms with Crippen LogP contribution >= 0.6 is 11.6 Å². The van der Waals surface area contributed by atoms with Crippen LogP contribution in [0.4, 0.5) is 13.2 Å². The molecule has 2 N–H and O–H groups in total. The summed E-state index contributed by atoms with van der Waals surface area (Å²) in [4.78, 5) is 11.9. The van der Waals surface area contributed by atoms with E-state index in [-0.39, 0.29) is 12.0 Å². The Morgan fingerprint density at radius 2 is 1.78 bits per heavy atom. The second-order valence-corrected chi connectivity index (χ2v) is 4.02. The summed E-state index contributed by atoms with van der Waals surface area (Å²) in [6.45, 7) is 1.45. The highest BCUT2D eigenvalue weighted by molar-refractivity contribution is 6.30. The first-order valence-corrected chi connectivity index (χ1v) is 5.51. The van der Waals surface area contributed by atoms with Gasteiger partial charge in [-0.25, -0.2) is 0 Å². The van der Waals surface area contributed by atoms with Crippen molar-refractivity contribution in [2.75, 3.05) is 0 Å². The molecule has 0 amide bonds. The summed E-state index contributed by atoms with van der Waals surface area (Å²) in [6.07, 6.45) is -4.79. The van der Waals surface area contributed by atoms with E-state index < -0.39 is 23.2 Å². The number of hydrogen-bond donors (Lipinski definition) is 1. The number of nitrogens with two attached hydrogens (primary N) is 1. The van der Waals surface area contributed by atoms with Gasteiger partial charge in [0.15, 0.2) is 5.78 Å². The van der Waals surface area contributed by atoms with Crippen molar-refractivity contribution in [3.8, 4) is 0 Å². The van der Waals surface area contributed by atoms with Crippen LogP contribution in [-0.4, -0.2) is 12.0 Å². The van der Waals surface area contributed by atoms with E-state index >= 15 is 0 Å². The SMILES string of the molecule is CC/C(C(=O)c1ccc(Cl)cc1)=C(\N)C(F)(F)F. The fourth-order valence-electron chi connectivity index (χ4n) is 1.42. The summed E-state index contributed by atoms with van der Waals surface area (Å²) < 4.78 is 37.4. The summed E-state index contributed by atoms with van der Waals surface area (Å²) >= 11 is 5.64. The van der Waals surface area contributed by atoms with Gasteiger partial charge in [0.2, 0.25) is 0 Å². The van der Waals surface area contributed by atoms with Gasteiger partial charge >= 0.3 is 6.18 Å². The Morgan fingerprint density at radius 1 is 1.28 bits per heavy atom. The van der Waals surface area contributed by atoms with E-state index in [9.17, 15) is 18.0 Å². The van der Waals surface area contributed by atoms with E-state index in [0.717, 1.165) is 0 Å². The second kappa shape index (κ2) is 5.44. The van der Waals surface area contributed by atoms with Crippen LogP contribution < -0.4 is 5.73 Å². The Hall–Kier alpha value is -1.49. The highest BCUT2D eigenvalue weighted by Gasteiger charge is 2.35. The number of carbonyl (C=O) groups excluding carboxylic acids is 1. The van der Waals surface area contributed by atoms with Gasteiger partial charge in [0.25, 0.3) is 0 Å². The van der Waals surface area contributed by atoms with E-state index in [0.29, 0.717) is 5.02 Å². The van der Waals surface area contributed by atoms with Crippen LogP contribution in [0.25, 0.3) is 0 Å². The lowest BCUT2D eigenvalue weighted by molar-refractivity contribution is -0.0935. The van der Waals surface area contributed by atoms with Gasteiger partial charge in [-0.1, -0.05) is 18.5 Å². The van der Waals surface area contributed by atoms with Crippen LogP contribution in [0.1, 0.15) is 23.7 Å². The van der Waals surface area contributed by atoms with Crippen molar-refractivity contribution in [2.45, 2.75) is 19.5 Å². The van der Waals surface area contributed by atoms with Crippen molar-refractivity contribution in [2.24, 2.45) is 5.73 Å². The lowest BCUT2D eigenvalue weighted by Crippen LogP contribution is -2.24. The van der Waals surface area contributed by atoms with E-state index in [4.69, 9.17) is 17.3 Å². The summed E-state index contributed by atoms with van der Waals surface area (Å²) in [5.41, 5.74) is 3.33. The number of alkyl halides is 3. The standard InChI is InChI=1S/C12H11ClF3NO/c1-2-9(11(17)12(14,15)16)10(18)7-3-5-8(13)6-4-7/h3-6H,2,17H2,1H3/b11-9+. The lowest BCUT2D eigenvalue weighted by Gasteiger charge is -2.12. The van der Waals surface area contributed by atoms with Gasteiger partial charge in [-0.3, -0.25) is 4.79 Å². The van der Waals surface area contributed by atoms with Gasteiger partial charge in [-0.05, 0) is 30.7 Å². The number of carbonyl (C=O) groups is 1. The second-order valence-electron chi connectivity index (χ2n) is 3.58. The van der Waals surface area contributed by atoms with Gasteiger partial charge in [0, 0.05) is 16.2 Å². The highest BCUT2D eigenvalue weighted by Crippen LogP contribution is 2.27. The zero-order valence-electron chi connectivity index (χ0n) is 9.51. The molecule has 0 aliphatic rings. The molecule has 0 fully saturated rings. The third-order valence-corrected chi connectivity index (χ3v) is 2.62. The quantitative estimate of drug-likeness (QED) is 0.676. The van der Waals surface area contributed by atoms with Gasteiger partial charge in [-0.2, -0.15) is 13.2 Å². The Bertz CT molecular complexity index is 477. The molecule has 0 atom stereocenters. The van der Waals surface area contributed by atoms with Crippen molar-refractivity contribution >= 4 is 17.4 Å². The number of ketones is 1. The fourth-order valence-corrected chi connectivity index (χ4v) is 1.55. The molecule has 0 bridgehead atoms. The molecule has 0 heterocycles. The zero-order valence-corrected chi connectivity index (χ0v) is 10.3. The van der Waals surface area contributed by atoms with Crippen molar-refractivity contribution in [1.29, 1.82) is 0 Å². The molecule has 6 heteroatoms. The number of hydrogen-bond acceptors (Lipinski definition) is 2. The predicted molar refractivity (Wildman–Crippen MR) is 63.3 cm³/mol. The van der Waals surface area contributed by atoms with Crippen LogP contribution in [0.3, 0.4) is 0 Å². The molecule has 0 aliphatic carbocycles. The molecule has 0 saturated heterocycles. The van der Waals surface area contributed by atoms with Crippen LogP contribution in [0.15, 0.2) is 35.5 Å². The maximum Gasteiger partial charge on any atom is 0.431 e. The first-order chi connectivity index (χ1) is 8.27. The minimum atomic E-state index is -4.70. The van der Waals surface area contributed by atoms with Gasteiger partial charge < -0.3 is 5.73 Å². The first kappa shape index (κ1) is 14.6. The van der Waals surface area contributed by atoms with E-state index in [1.54, 1.807) is 0 Å². The molecule has 0 spiro atoms. The topological polar surface area (TPSA) is 43.1 Å². The number of halogens is 4. The summed E-state index contributed by atoms with van der Waals surface area (Å²) in [7, 11) is 0. The minimum Gasteiger partial charge on any atom is -0.394 e. The van der Waals surface area contributed by atoms with Crippen molar-refractivity contribution in [1.82, 2.24) is 0 Å². The van der Waals surface area contributed by atoms with Crippen molar-refractivity contribution < 1.29 is 18.0 Å². The monoisotopic (exact) mass is 277 g/mol. The van der Waals surface area contributed by atoms with Crippen LogP contribution in [0, 0.1) is 0 Å². The largest absolute Gasteiger partial charge is 0.431 e. The Balaban J connectivity index is 3.19. The number of benzene rings is 1. The molecular formula is C12H11ClF3NO. The predicted octanol–water partition coefficient (Wildman–Crippen LogP) is 3.71. The van der Waals surface area contributed by atoms with Crippen LogP contribution in [0.2, 0.25) is 5.02 Å². The van der Waals surface area contributed by atoms with Crippen molar-refractivity contribution in [3.63, 3.8) is 0 Å². The molecule has 0 aliphatic heterocycles. The molecule has 0 aromatic heterocycles. The lowest BCUT2D eigenvalue weighted by atomic mass is 9.99. The fraction of sp³-hybridized carbons (Fsp3) is 0.250. The summed E-state index contributed by atoms with van der Waals surface area (Å²) in [6, 6.07) is 5.60. The third kappa shape index (κ3) is 3.26. The molecule has 98 valence electrons. The molecule has 0 unspecified atom stereocenters. The summed E-state index contributed by atoms with van der Waals surface area (Å²) in [5.74, 6) is -0.732. The number of rotatable bonds is 3. The molecule has 18 heavy (non-hydrogen) atoms. The summed E-state index contributed by atoms with van der Waals surface area (Å²) in [5, 5.41) is 0.400. The minimum absolute atomic E-state index is 0.0905. The Labute approximate surface area is 107 Å². The van der Waals surface area contributed by atoms with Gasteiger partial charge in [0.05, 0.1) is 0 Å². The van der Waals surface area contributed by atoms with E-state index in [1.165, 1.54) is 31.2 Å². The third-order valence-electron chi connectivity index (χ3n) is 2.36. The number of Topliss-reactive ketones (excluding diaryl/α,β-unsaturated/α-hetero) is 1. The Morgan fingerprint density at radius 3 is 2.17 bits per heavy atom. The highest BCUT2D eigenvalue weighted by atomic mass is 35.5. The molecular weight excluding hydrogens is 267 g/mol. The molecule has 1 rings (SSSR count). The average Bonchev–Trinajstić information content (AvgIpc) is 2.29. The van der Waals surface area contributed by atoms with Crippen molar-refractivity contribution in [3.05, 3.63) is 46.1 Å². The van der Waals surface area contributed by atoms with E-state index in [2.05, 4.69) is 0 Å². The molecule has 2 nitrogen and oxygen atoms in total. The Kier molecular flexibility index (Phi) is 4.40.